The van der Waals surface area contributed by atoms with E-state index in [1.807, 2.05) is 24.4 Å². The minimum Gasteiger partial charge on any atom is -0.469 e. The van der Waals surface area contributed by atoms with Crippen molar-refractivity contribution in [1.82, 2.24) is 9.61 Å². The van der Waals surface area contributed by atoms with Crippen molar-refractivity contribution in [2.24, 2.45) is 0 Å². The van der Waals surface area contributed by atoms with Gasteiger partial charge in [-0.3, -0.25) is 0 Å². The normalized spacial score (nSPS) is 17.4. The summed E-state index contributed by atoms with van der Waals surface area (Å²) in [6.45, 7) is 5.27. The molecule has 2 aromatic rings. The molecule has 0 saturated carbocycles. The number of aromatic nitrogens is 2. The first-order valence-corrected chi connectivity index (χ1v) is 6.95. The molecule has 6 nitrogen and oxygen atoms in total. The third-order valence-corrected chi connectivity index (χ3v) is 3.97. The van der Waals surface area contributed by atoms with E-state index in [0.717, 1.165) is 42.8 Å². The fourth-order valence-electron chi connectivity index (χ4n) is 2.47. The van der Waals surface area contributed by atoms with Gasteiger partial charge in [-0.05, 0) is 12.1 Å². The van der Waals surface area contributed by atoms with Gasteiger partial charge in [0.25, 0.3) is 5.88 Å². The molecule has 0 unspecified atom stereocenters. The third-order valence-electron chi connectivity index (χ3n) is 3.97. The Morgan fingerprint density at radius 2 is 2.14 bits per heavy atom. The molecule has 0 spiro atoms. The molecule has 0 aromatic carbocycles. The Morgan fingerprint density at radius 1 is 1.38 bits per heavy atom. The number of morpholine rings is 1. The molecule has 3 rings (SSSR count). The van der Waals surface area contributed by atoms with E-state index >= 15 is 0 Å². The summed E-state index contributed by atoms with van der Waals surface area (Å²) in [5.74, 6) is 0.524. The van der Waals surface area contributed by atoms with Crippen LogP contribution in [0.5, 0.6) is 5.88 Å². The Balaban J connectivity index is 0.00000161. The number of pyridine rings is 1. The van der Waals surface area contributed by atoms with E-state index in [1.165, 1.54) is 0 Å². The number of anilines is 1. The number of hydrogen-bond acceptors (Lipinski definition) is 4. The second kappa shape index (κ2) is 6.32. The molecule has 0 aliphatic carbocycles. The zero-order chi connectivity index (χ0) is 14.0. The molecule has 0 radical (unpaired) electrons. The largest absolute Gasteiger partial charge is 0.469 e. The molecular formula is C15H24N4O2. The number of ether oxygens (including phenoxy) is 2. The maximum absolute atomic E-state index is 6.06. The molecule has 0 bridgehead atoms. The lowest BCUT2D eigenvalue weighted by molar-refractivity contribution is -0.916. The van der Waals surface area contributed by atoms with Gasteiger partial charge in [-0.25, -0.2) is 4.52 Å². The van der Waals surface area contributed by atoms with Crippen molar-refractivity contribution in [1.29, 1.82) is 0 Å². The Kier molecular flexibility index (Phi) is 4.69. The lowest BCUT2D eigenvalue weighted by Gasteiger charge is -2.37. The van der Waals surface area contributed by atoms with Crippen LogP contribution in [0.15, 0.2) is 24.4 Å². The van der Waals surface area contributed by atoms with Gasteiger partial charge in [0.2, 0.25) is 0 Å². The van der Waals surface area contributed by atoms with Crippen LogP contribution < -0.4 is 10.5 Å². The lowest BCUT2D eigenvalue weighted by atomic mass is 10.3. The summed E-state index contributed by atoms with van der Waals surface area (Å²) >= 11 is 0. The molecule has 21 heavy (non-hydrogen) atoms. The predicted molar refractivity (Wildman–Crippen MR) is 83.1 cm³/mol. The number of nitrogens with two attached hydrogens (primary N) is 1. The number of quaternary nitrogens is 1. The molecule has 1 aliphatic rings. The molecule has 2 aromatic heterocycles. The molecule has 116 valence electrons. The van der Waals surface area contributed by atoms with Crippen LogP contribution >= 0.6 is 0 Å². The number of nitrogen functional groups attached to an aromatic ring is 1. The van der Waals surface area contributed by atoms with Crippen LogP contribution in [0.3, 0.4) is 0 Å². The summed E-state index contributed by atoms with van der Waals surface area (Å²) in [6.07, 6.45) is 1.87. The average molecular weight is 292 g/mol. The van der Waals surface area contributed by atoms with E-state index in [-0.39, 0.29) is 7.43 Å². The lowest BCUT2D eigenvalue weighted by Crippen LogP contribution is -2.53. The van der Waals surface area contributed by atoms with Gasteiger partial charge in [0, 0.05) is 6.20 Å². The van der Waals surface area contributed by atoms with Crippen LogP contribution in [0, 0.1) is 7.43 Å². The van der Waals surface area contributed by atoms with Crippen LogP contribution in [-0.4, -0.2) is 60.6 Å². The quantitative estimate of drug-likeness (QED) is 0.680. The molecule has 1 fully saturated rings. The molecular weight excluding hydrogens is 268 g/mol. The Hall–Kier alpha value is -1.79. The smallest absolute Gasteiger partial charge is 0.257 e. The first kappa shape index (κ1) is 15.6. The Morgan fingerprint density at radius 3 is 2.86 bits per heavy atom. The van der Waals surface area contributed by atoms with Gasteiger partial charge in [-0.15, -0.1) is 5.10 Å². The van der Waals surface area contributed by atoms with Crippen molar-refractivity contribution in [3.05, 3.63) is 31.8 Å². The monoisotopic (exact) mass is 292 g/mol. The summed E-state index contributed by atoms with van der Waals surface area (Å²) in [5.41, 5.74) is 7.55. The minimum absolute atomic E-state index is 0. The van der Waals surface area contributed by atoms with E-state index in [9.17, 15) is 0 Å². The SMILES string of the molecule is C[N+]1(CCOc2nn3ccccc3c2N)CCOCC1.[CH3-]. The topological polar surface area (TPSA) is 61.8 Å². The maximum Gasteiger partial charge on any atom is 0.257 e. The zero-order valence-electron chi connectivity index (χ0n) is 12.8. The van der Waals surface area contributed by atoms with Crippen molar-refractivity contribution < 1.29 is 14.0 Å². The highest BCUT2D eigenvalue weighted by molar-refractivity contribution is 5.74. The van der Waals surface area contributed by atoms with E-state index in [2.05, 4.69) is 12.1 Å². The number of fused-ring (bicyclic) bond motifs is 1. The van der Waals surface area contributed by atoms with Crippen molar-refractivity contribution in [2.45, 2.75) is 0 Å². The van der Waals surface area contributed by atoms with E-state index in [0.29, 0.717) is 18.2 Å². The molecule has 3 heterocycles. The van der Waals surface area contributed by atoms with E-state index in [1.54, 1.807) is 4.52 Å². The molecule has 0 atom stereocenters. The first-order chi connectivity index (χ1) is 9.68. The first-order valence-electron chi connectivity index (χ1n) is 6.95. The number of hydrogen-bond donors (Lipinski definition) is 1. The third kappa shape index (κ3) is 3.28. The number of nitrogens with zero attached hydrogens (tertiary/aromatic N) is 3. The van der Waals surface area contributed by atoms with Gasteiger partial charge in [0.05, 0.1) is 25.8 Å². The zero-order valence-corrected chi connectivity index (χ0v) is 12.8. The van der Waals surface area contributed by atoms with Gasteiger partial charge >= 0.3 is 0 Å². The highest BCUT2D eigenvalue weighted by atomic mass is 16.5. The molecule has 6 heteroatoms. The summed E-state index contributed by atoms with van der Waals surface area (Å²) in [5, 5.41) is 4.36. The standard InChI is InChI=1S/C14H21N4O2.CH3/c1-18(6-9-19-10-7-18)8-11-20-14-13(15)12-4-2-3-5-17(12)16-14;/h2-5H,6-11,15H2,1H3;1H3/q+1;-1. The summed E-state index contributed by atoms with van der Waals surface area (Å²) in [7, 11) is 2.24. The second-order valence-electron chi connectivity index (χ2n) is 5.50. The Labute approximate surface area is 125 Å². The number of rotatable bonds is 4. The van der Waals surface area contributed by atoms with E-state index in [4.69, 9.17) is 15.2 Å². The van der Waals surface area contributed by atoms with E-state index < -0.39 is 0 Å². The van der Waals surface area contributed by atoms with Crippen LogP contribution in [0.25, 0.3) is 5.52 Å². The Bertz CT molecular complexity index is 590. The fraction of sp³-hybridized carbons (Fsp3) is 0.467. The molecule has 1 saturated heterocycles. The summed E-state index contributed by atoms with van der Waals surface area (Å²) < 4.78 is 13.9. The van der Waals surface area contributed by atoms with Crippen LogP contribution in [0.4, 0.5) is 5.69 Å². The molecule has 1 aliphatic heterocycles. The second-order valence-corrected chi connectivity index (χ2v) is 5.50. The minimum atomic E-state index is 0. The molecule has 2 N–H and O–H groups in total. The highest BCUT2D eigenvalue weighted by Crippen LogP contribution is 2.24. The summed E-state index contributed by atoms with van der Waals surface area (Å²) in [4.78, 5) is 0. The summed E-state index contributed by atoms with van der Waals surface area (Å²) in [6, 6.07) is 5.80. The van der Waals surface area contributed by atoms with Crippen molar-refractivity contribution in [2.75, 3.05) is 52.2 Å². The van der Waals surface area contributed by atoms with Crippen LogP contribution in [-0.2, 0) is 4.74 Å². The van der Waals surface area contributed by atoms with Crippen molar-refractivity contribution in [3.8, 4) is 5.88 Å². The number of likely N-dealkylation sites (N-methyl/N-ethyl adjacent to an activating group) is 1. The van der Waals surface area contributed by atoms with Gasteiger partial charge < -0.3 is 27.1 Å². The predicted octanol–water partition coefficient (Wildman–Crippen LogP) is 1.22. The van der Waals surface area contributed by atoms with Gasteiger partial charge in [-0.1, -0.05) is 6.07 Å². The average Bonchev–Trinajstić information content (AvgIpc) is 2.77. The van der Waals surface area contributed by atoms with Gasteiger partial charge in [-0.2, -0.15) is 0 Å². The van der Waals surface area contributed by atoms with Crippen LogP contribution in [0.2, 0.25) is 0 Å². The highest BCUT2D eigenvalue weighted by Gasteiger charge is 2.25. The maximum atomic E-state index is 6.06. The van der Waals surface area contributed by atoms with Gasteiger partial charge in [0.1, 0.15) is 31.9 Å². The molecule has 0 amide bonds. The van der Waals surface area contributed by atoms with Crippen molar-refractivity contribution in [3.63, 3.8) is 0 Å². The van der Waals surface area contributed by atoms with Crippen molar-refractivity contribution >= 4 is 11.2 Å². The van der Waals surface area contributed by atoms with Crippen LogP contribution in [0.1, 0.15) is 0 Å². The van der Waals surface area contributed by atoms with Gasteiger partial charge in [0.15, 0.2) is 0 Å². The fourth-order valence-corrected chi connectivity index (χ4v) is 2.47.